The highest BCUT2D eigenvalue weighted by Crippen LogP contribution is 2.44. The predicted octanol–water partition coefficient (Wildman–Crippen LogP) is 2.48. The molecule has 0 saturated heterocycles. The van der Waals surface area contributed by atoms with Gasteiger partial charge < -0.3 is 9.88 Å². The van der Waals surface area contributed by atoms with E-state index in [9.17, 15) is 19.7 Å². The fourth-order valence-electron chi connectivity index (χ4n) is 4.85. The summed E-state index contributed by atoms with van der Waals surface area (Å²) >= 11 is 0. The van der Waals surface area contributed by atoms with Crippen molar-refractivity contribution in [2.45, 2.75) is 32.2 Å². The number of anilines is 1. The first kappa shape index (κ1) is 21.7. The minimum absolute atomic E-state index is 0.0818. The first-order valence-corrected chi connectivity index (χ1v) is 10.8. The fourth-order valence-corrected chi connectivity index (χ4v) is 4.85. The van der Waals surface area contributed by atoms with E-state index in [0.29, 0.717) is 28.0 Å². The Morgan fingerprint density at radius 2 is 1.74 bits per heavy atom. The highest BCUT2D eigenvalue weighted by molar-refractivity contribution is 5.86. The van der Waals surface area contributed by atoms with Crippen LogP contribution < -0.4 is 16.6 Å². The van der Waals surface area contributed by atoms with Crippen molar-refractivity contribution in [3.8, 4) is 5.69 Å². The zero-order valence-corrected chi connectivity index (χ0v) is 19.8. The molecule has 11 nitrogen and oxygen atoms in total. The summed E-state index contributed by atoms with van der Waals surface area (Å²) in [5.41, 5.74) is 1.67. The van der Waals surface area contributed by atoms with Crippen molar-refractivity contribution in [2.75, 3.05) is 5.32 Å². The third-order valence-electron chi connectivity index (χ3n) is 6.43. The highest BCUT2D eigenvalue weighted by atomic mass is 16.6. The van der Waals surface area contributed by atoms with Gasteiger partial charge in [-0.05, 0) is 12.1 Å². The molecule has 4 aromatic rings. The molecule has 1 unspecified atom stereocenters. The van der Waals surface area contributed by atoms with Crippen LogP contribution in [0.5, 0.6) is 0 Å². The number of nitro groups is 1. The van der Waals surface area contributed by atoms with Crippen LogP contribution in [-0.4, -0.2) is 28.4 Å². The molecule has 5 rings (SSSR count). The van der Waals surface area contributed by atoms with Crippen molar-refractivity contribution in [3.63, 3.8) is 0 Å². The van der Waals surface area contributed by atoms with Gasteiger partial charge in [0.15, 0.2) is 0 Å². The third kappa shape index (κ3) is 2.79. The van der Waals surface area contributed by atoms with Crippen LogP contribution in [0.15, 0.2) is 40.1 Å². The summed E-state index contributed by atoms with van der Waals surface area (Å²) in [6.45, 7) is 5.63. The summed E-state index contributed by atoms with van der Waals surface area (Å²) in [4.78, 5) is 37.8. The quantitative estimate of drug-likeness (QED) is 0.360. The molecule has 1 atom stereocenters. The van der Waals surface area contributed by atoms with Crippen molar-refractivity contribution in [3.05, 3.63) is 78.5 Å². The van der Waals surface area contributed by atoms with Crippen LogP contribution in [0.1, 0.15) is 43.9 Å². The molecular weight excluding hydrogens is 438 g/mol. The average molecular weight is 463 g/mol. The number of fused-ring (bicyclic) bond motifs is 5. The second-order valence-corrected chi connectivity index (χ2v) is 9.66. The monoisotopic (exact) mass is 463 g/mol. The van der Waals surface area contributed by atoms with Gasteiger partial charge in [-0.25, -0.2) is 4.79 Å². The molecular formula is C23H25N7O4. The molecule has 0 radical (unpaired) electrons. The number of hydrogen-bond donors (Lipinski definition) is 1. The summed E-state index contributed by atoms with van der Waals surface area (Å²) in [5.74, 6) is 0. The van der Waals surface area contributed by atoms with Gasteiger partial charge in [0.1, 0.15) is 17.4 Å². The number of rotatable bonds is 2. The molecule has 1 N–H and O–H groups in total. The number of hydrogen-bond acceptors (Lipinski definition) is 6. The first-order valence-electron chi connectivity index (χ1n) is 10.8. The van der Waals surface area contributed by atoms with Gasteiger partial charge in [0, 0.05) is 32.8 Å². The van der Waals surface area contributed by atoms with Gasteiger partial charge in [0.2, 0.25) is 0 Å². The molecule has 0 amide bonds. The van der Waals surface area contributed by atoms with Gasteiger partial charge in [-0.2, -0.15) is 5.10 Å². The van der Waals surface area contributed by atoms with Crippen LogP contribution in [-0.2, 0) is 26.6 Å². The van der Waals surface area contributed by atoms with Crippen molar-refractivity contribution >= 4 is 22.3 Å². The highest BCUT2D eigenvalue weighted by Gasteiger charge is 2.41. The zero-order chi connectivity index (χ0) is 24.7. The van der Waals surface area contributed by atoms with Crippen LogP contribution in [0.2, 0.25) is 0 Å². The number of aryl methyl sites for hydroxylation is 2. The fraction of sp³-hybridized carbons (Fsp3) is 0.348. The molecule has 0 fully saturated rings. The van der Waals surface area contributed by atoms with Gasteiger partial charge in [-0.3, -0.25) is 28.7 Å². The minimum Gasteiger partial charge on any atom is -0.370 e. The zero-order valence-electron chi connectivity index (χ0n) is 19.8. The van der Waals surface area contributed by atoms with E-state index in [2.05, 4.69) is 10.4 Å². The van der Waals surface area contributed by atoms with E-state index >= 15 is 0 Å². The molecule has 11 heteroatoms. The largest absolute Gasteiger partial charge is 0.370 e. The summed E-state index contributed by atoms with van der Waals surface area (Å²) in [6.07, 6.45) is 1.70. The third-order valence-corrected chi connectivity index (χ3v) is 6.43. The van der Waals surface area contributed by atoms with Gasteiger partial charge >= 0.3 is 11.4 Å². The Morgan fingerprint density at radius 3 is 2.38 bits per heavy atom. The van der Waals surface area contributed by atoms with E-state index in [1.165, 1.54) is 16.3 Å². The Kier molecular flexibility index (Phi) is 4.42. The van der Waals surface area contributed by atoms with Crippen molar-refractivity contribution in [2.24, 2.45) is 21.1 Å². The topological polar surface area (TPSA) is 122 Å². The van der Waals surface area contributed by atoms with E-state index in [1.54, 1.807) is 20.3 Å². The lowest BCUT2D eigenvalue weighted by atomic mass is 9.90. The van der Waals surface area contributed by atoms with Gasteiger partial charge in [-0.15, -0.1) is 0 Å². The summed E-state index contributed by atoms with van der Waals surface area (Å²) in [6, 6.07) is 6.77. The number of aromatic nitrogens is 5. The molecule has 0 saturated carbocycles. The lowest BCUT2D eigenvalue weighted by molar-refractivity contribution is -0.386. The SMILES string of the molecule is Cn1nc(C(C)(C)C)c([N+](=O)[O-])c1C1Nc2ccccc2-n2cc3c(=O)n(C)c(=O)n(C)c3c21. The van der Waals surface area contributed by atoms with Crippen LogP contribution in [0, 0.1) is 10.1 Å². The summed E-state index contributed by atoms with van der Waals surface area (Å²) in [5, 5.41) is 20.6. The molecule has 1 aliphatic heterocycles. The minimum atomic E-state index is -0.737. The number of nitrogens with one attached hydrogen (secondary N) is 1. The van der Waals surface area contributed by atoms with Crippen LogP contribution in [0.25, 0.3) is 16.6 Å². The second kappa shape index (κ2) is 6.92. The van der Waals surface area contributed by atoms with Crippen LogP contribution in [0.3, 0.4) is 0 Å². The Bertz CT molecular complexity index is 1630. The molecule has 1 aliphatic rings. The summed E-state index contributed by atoms with van der Waals surface area (Å²) < 4.78 is 5.84. The van der Waals surface area contributed by atoms with Gasteiger partial charge in [-0.1, -0.05) is 32.9 Å². The molecule has 4 heterocycles. The Morgan fingerprint density at radius 1 is 1.06 bits per heavy atom. The molecule has 0 spiro atoms. The Labute approximate surface area is 194 Å². The van der Waals surface area contributed by atoms with E-state index in [0.717, 1.165) is 15.9 Å². The predicted molar refractivity (Wildman–Crippen MR) is 128 cm³/mol. The van der Waals surface area contributed by atoms with Crippen molar-refractivity contribution in [1.29, 1.82) is 0 Å². The maximum atomic E-state index is 13.0. The lowest BCUT2D eigenvalue weighted by Crippen LogP contribution is -2.37. The molecule has 0 bridgehead atoms. The van der Waals surface area contributed by atoms with E-state index < -0.39 is 27.6 Å². The Hall–Kier alpha value is -4.15. The van der Waals surface area contributed by atoms with Crippen molar-refractivity contribution in [1.82, 2.24) is 23.5 Å². The summed E-state index contributed by atoms with van der Waals surface area (Å²) in [7, 11) is 4.71. The molecule has 1 aromatic carbocycles. The van der Waals surface area contributed by atoms with Crippen LogP contribution >= 0.6 is 0 Å². The number of para-hydroxylation sites is 2. The Balaban J connectivity index is 1.95. The van der Waals surface area contributed by atoms with E-state index in [4.69, 9.17) is 0 Å². The maximum Gasteiger partial charge on any atom is 0.331 e. The standard InChI is InChI=1S/C23H25N7O4/c1-23(2,3)20-19(30(33)34)17(28(6)25-20)15-18-16-12(21(31)27(5)22(32)26(16)4)11-29(18)14-10-8-7-9-13(14)24-15/h7-11,15,24H,1-6H3. The molecule has 0 aliphatic carbocycles. The van der Waals surface area contributed by atoms with E-state index in [-0.39, 0.29) is 5.69 Å². The first-order chi connectivity index (χ1) is 15.9. The van der Waals surface area contributed by atoms with Crippen molar-refractivity contribution < 1.29 is 4.92 Å². The normalized spacial score (nSPS) is 15.2. The molecule has 34 heavy (non-hydrogen) atoms. The molecule has 3 aromatic heterocycles. The lowest BCUT2D eigenvalue weighted by Gasteiger charge is -2.29. The second-order valence-electron chi connectivity index (χ2n) is 9.66. The molecule has 176 valence electrons. The average Bonchev–Trinajstić information content (AvgIpc) is 3.35. The van der Waals surface area contributed by atoms with Gasteiger partial charge in [0.05, 0.1) is 32.9 Å². The number of benzene rings is 1. The number of nitrogens with zero attached hydrogens (tertiary/aromatic N) is 6. The van der Waals surface area contributed by atoms with Gasteiger partial charge in [0.25, 0.3) is 5.56 Å². The van der Waals surface area contributed by atoms with E-state index in [1.807, 2.05) is 49.6 Å². The smallest absolute Gasteiger partial charge is 0.331 e. The maximum absolute atomic E-state index is 13.0. The van der Waals surface area contributed by atoms with Crippen LogP contribution in [0.4, 0.5) is 11.4 Å².